The number of hydrogen-bond acceptors (Lipinski definition) is 5. The zero-order valence-corrected chi connectivity index (χ0v) is 30.7. The van der Waals surface area contributed by atoms with Crippen molar-refractivity contribution in [2.24, 2.45) is 4.99 Å². The lowest BCUT2D eigenvalue weighted by atomic mass is 9.82. The van der Waals surface area contributed by atoms with Gasteiger partial charge in [0.15, 0.2) is 23.1 Å². The highest BCUT2D eigenvalue weighted by molar-refractivity contribution is 6.38. The molecule has 0 saturated heterocycles. The van der Waals surface area contributed by atoms with E-state index in [0.29, 0.717) is 55.4 Å². The number of hydrogen-bond donors (Lipinski definition) is 3. The molecule has 0 aliphatic heterocycles. The number of aliphatic imine (C=N–C) groups is 1. The molecule has 10 aromatic rings. The number of fused-ring (bicyclic) bond motifs is 17. The molecule has 274 valence electrons. The topological polar surface area (TPSA) is 132 Å². The second kappa shape index (κ2) is 11.0. The van der Waals surface area contributed by atoms with E-state index in [-0.39, 0.29) is 45.8 Å². The maximum atomic E-state index is 14.5. The van der Waals surface area contributed by atoms with Crippen molar-refractivity contribution in [3.05, 3.63) is 184 Å². The van der Waals surface area contributed by atoms with Crippen molar-refractivity contribution in [2.75, 3.05) is 0 Å². The van der Waals surface area contributed by atoms with E-state index in [4.69, 9.17) is 0 Å². The van der Waals surface area contributed by atoms with Gasteiger partial charge in [-0.1, -0.05) is 97.1 Å². The van der Waals surface area contributed by atoms with Crippen LogP contribution >= 0.6 is 0 Å². The first kappa shape index (κ1) is 31.9. The quantitative estimate of drug-likeness (QED) is 0.119. The molecule has 0 bridgehead atoms. The Balaban J connectivity index is 1.09. The molecule has 59 heavy (non-hydrogen) atoms. The Morgan fingerprint density at radius 1 is 0.407 bits per heavy atom. The Labute approximate surface area is 333 Å². The second-order valence-corrected chi connectivity index (χ2v) is 15.4. The van der Waals surface area contributed by atoms with E-state index in [1.807, 2.05) is 30.3 Å². The third-order valence-electron chi connectivity index (χ3n) is 12.5. The number of ketones is 4. The zero-order chi connectivity index (χ0) is 39.4. The molecule has 0 saturated carbocycles. The van der Waals surface area contributed by atoms with E-state index in [9.17, 15) is 24.3 Å². The summed E-state index contributed by atoms with van der Waals surface area (Å²) < 4.78 is 0. The first-order valence-corrected chi connectivity index (χ1v) is 19.3. The summed E-state index contributed by atoms with van der Waals surface area (Å²) in [6, 6.07) is 40.6. The average molecular weight is 760 g/mol. The minimum absolute atomic E-state index is 0.143. The molecule has 8 aromatic carbocycles. The van der Waals surface area contributed by atoms with Crippen molar-refractivity contribution in [3.63, 3.8) is 0 Å². The van der Waals surface area contributed by atoms with Crippen LogP contribution in [0.5, 0.6) is 0 Å². The van der Waals surface area contributed by atoms with Crippen LogP contribution in [0, 0.1) is 0 Å². The number of aliphatic hydroxyl groups is 1. The third kappa shape index (κ3) is 3.94. The average Bonchev–Trinajstić information content (AvgIpc) is 3.95. The van der Waals surface area contributed by atoms with Gasteiger partial charge in [-0.3, -0.25) is 19.2 Å². The lowest BCUT2D eigenvalue weighted by Gasteiger charge is -2.20. The first-order valence-electron chi connectivity index (χ1n) is 19.3. The zero-order valence-electron chi connectivity index (χ0n) is 30.7. The molecule has 8 nitrogen and oxygen atoms in total. The van der Waals surface area contributed by atoms with Crippen LogP contribution in [0.2, 0.25) is 0 Å². The van der Waals surface area contributed by atoms with Gasteiger partial charge in [-0.05, 0) is 58.5 Å². The summed E-state index contributed by atoms with van der Waals surface area (Å²) in [6.07, 6.45) is 0. The molecule has 0 unspecified atom stereocenters. The summed E-state index contributed by atoms with van der Waals surface area (Å²) in [7, 11) is 0. The van der Waals surface area contributed by atoms with E-state index in [1.165, 1.54) is 0 Å². The smallest absolute Gasteiger partial charge is 0.218 e. The Morgan fingerprint density at radius 3 is 1.78 bits per heavy atom. The molecule has 2 heterocycles. The molecule has 0 atom stereocenters. The highest BCUT2D eigenvalue weighted by Gasteiger charge is 2.37. The molecule has 0 radical (unpaired) electrons. The number of aromatic nitrogens is 2. The van der Waals surface area contributed by atoms with Crippen LogP contribution in [-0.2, 0) is 0 Å². The van der Waals surface area contributed by atoms with Gasteiger partial charge >= 0.3 is 0 Å². The predicted octanol–water partition coefficient (Wildman–Crippen LogP) is 10.9. The Hall–Kier alpha value is -8.23. The van der Waals surface area contributed by atoms with Gasteiger partial charge in [0.1, 0.15) is 0 Å². The fraction of sp³-hybridized carbons (Fsp3) is 0. The largest absolute Gasteiger partial charge is 0.493 e. The summed E-state index contributed by atoms with van der Waals surface area (Å²) in [5.74, 6) is -1.24. The minimum Gasteiger partial charge on any atom is -0.493 e. The highest BCUT2D eigenvalue weighted by Crippen LogP contribution is 2.54. The van der Waals surface area contributed by atoms with Crippen LogP contribution in [0.4, 0.5) is 5.69 Å². The summed E-state index contributed by atoms with van der Waals surface area (Å²) in [4.78, 5) is 68.2. The minimum atomic E-state index is -0.336. The van der Waals surface area contributed by atoms with Crippen molar-refractivity contribution >= 4 is 89.1 Å². The number of aliphatic hydroxyl groups excluding tert-OH is 1. The molecule has 0 amide bonds. The van der Waals surface area contributed by atoms with Gasteiger partial charge in [0, 0.05) is 71.4 Å². The third-order valence-corrected chi connectivity index (χ3v) is 12.5. The molecule has 3 aliphatic carbocycles. The van der Waals surface area contributed by atoms with Crippen molar-refractivity contribution < 1.29 is 24.3 Å². The maximum Gasteiger partial charge on any atom is 0.218 e. The number of carbonyl (C=O) groups is 4. The van der Waals surface area contributed by atoms with Crippen molar-refractivity contribution in [1.29, 1.82) is 0 Å². The lowest BCUT2D eigenvalue weighted by Crippen LogP contribution is -2.21. The summed E-state index contributed by atoms with van der Waals surface area (Å²) >= 11 is 0. The Morgan fingerprint density at radius 2 is 1.03 bits per heavy atom. The van der Waals surface area contributed by atoms with Crippen LogP contribution in [0.1, 0.15) is 69.2 Å². The van der Waals surface area contributed by atoms with E-state index >= 15 is 0 Å². The first-order chi connectivity index (χ1) is 28.9. The molecule has 2 aromatic heterocycles. The maximum absolute atomic E-state index is 14.5. The number of rotatable bonds is 2. The summed E-state index contributed by atoms with van der Waals surface area (Å²) in [6.45, 7) is 0. The van der Waals surface area contributed by atoms with Gasteiger partial charge in [-0.25, -0.2) is 4.99 Å². The fourth-order valence-corrected chi connectivity index (χ4v) is 10.00. The fourth-order valence-electron chi connectivity index (χ4n) is 10.00. The SMILES string of the molecule is O=C1c2ccccc2C(=O)c2c1ccc1c2[nH]c2c3cccc4c3c(cc12)-c1ccc2[nH]c3c5c(c(N=C(O)c6ccccc6)cc3c2c1-4)C(=O)c1ccccc1C5=O. The van der Waals surface area contributed by atoms with Crippen molar-refractivity contribution in [2.45, 2.75) is 0 Å². The second-order valence-electron chi connectivity index (χ2n) is 15.4. The van der Waals surface area contributed by atoms with E-state index in [0.717, 1.165) is 60.2 Å². The summed E-state index contributed by atoms with van der Waals surface area (Å²) in [5.41, 5.74) is 10.0. The van der Waals surface area contributed by atoms with Gasteiger partial charge in [0.2, 0.25) is 5.90 Å². The normalized spacial score (nSPS) is 14.1. The standard InChI is InChI=1S/C51H25N3O5/c55-47-26-11-4-5-12-27(26)48(56)41-32(47)18-17-25-34-21-33-24-19-20-36-40(39(24)30-15-8-16-31(38(30)33)44(34)54-45(25)41)35-22-37(53-51(59)23-9-2-1-3-10-23)42-43(46(35)52-36)50(58)29-14-7-6-13-28(29)49(42)57/h1-22,52,54H,(H,53,59). The summed E-state index contributed by atoms with van der Waals surface area (Å²) in [5, 5.41) is 16.7. The number of benzene rings is 8. The Kier molecular flexibility index (Phi) is 5.95. The van der Waals surface area contributed by atoms with Crippen molar-refractivity contribution in [1.82, 2.24) is 9.97 Å². The van der Waals surface area contributed by atoms with Crippen LogP contribution in [0.3, 0.4) is 0 Å². The van der Waals surface area contributed by atoms with Gasteiger partial charge in [0.25, 0.3) is 0 Å². The number of aromatic amines is 2. The molecule has 0 fully saturated rings. The predicted molar refractivity (Wildman–Crippen MR) is 229 cm³/mol. The van der Waals surface area contributed by atoms with E-state index in [2.05, 4.69) is 39.2 Å². The number of carbonyl (C=O) groups excluding carboxylic acids is 4. The molecule has 3 aliphatic rings. The van der Waals surface area contributed by atoms with Gasteiger partial charge in [0.05, 0.1) is 38.9 Å². The molecular weight excluding hydrogens is 735 g/mol. The van der Waals surface area contributed by atoms with Crippen LogP contribution in [0.25, 0.3) is 76.6 Å². The van der Waals surface area contributed by atoms with Gasteiger partial charge < -0.3 is 15.1 Å². The number of nitrogens with one attached hydrogen (secondary N) is 2. The number of H-pyrrole nitrogens is 2. The lowest BCUT2D eigenvalue weighted by molar-refractivity contribution is 0.0980. The van der Waals surface area contributed by atoms with Crippen LogP contribution in [-0.4, -0.2) is 44.1 Å². The van der Waals surface area contributed by atoms with Gasteiger partial charge in [-0.15, -0.1) is 0 Å². The molecule has 0 spiro atoms. The van der Waals surface area contributed by atoms with Gasteiger partial charge in [-0.2, -0.15) is 0 Å². The molecule has 8 heteroatoms. The van der Waals surface area contributed by atoms with E-state index < -0.39 is 0 Å². The van der Waals surface area contributed by atoms with Crippen LogP contribution in [0.15, 0.2) is 138 Å². The molecule has 3 N–H and O–H groups in total. The van der Waals surface area contributed by atoms with E-state index in [1.54, 1.807) is 78.9 Å². The Bertz CT molecular complexity index is 3750. The van der Waals surface area contributed by atoms with Crippen LogP contribution < -0.4 is 0 Å². The number of nitrogens with zero attached hydrogens (tertiary/aromatic N) is 1. The monoisotopic (exact) mass is 759 g/mol. The molecule has 13 rings (SSSR count). The molecular formula is C51H25N3O5. The highest BCUT2D eigenvalue weighted by atomic mass is 16.3. The van der Waals surface area contributed by atoms with Crippen molar-refractivity contribution in [3.8, 4) is 22.3 Å².